The molecule has 0 aliphatic heterocycles. The Balaban J connectivity index is 1.67. The van der Waals surface area contributed by atoms with E-state index < -0.39 is 0 Å². The highest BCUT2D eigenvalue weighted by molar-refractivity contribution is 7.99. The lowest BCUT2D eigenvalue weighted by atomic mass is 9.87. The van der Waals surface area contributed by atoms with Crippen LogP contribution in [0.2, 0.25) is 0 Å². The van der Waals surface area contributed by atoms with Crippen LogP contribution >= 0.6 is 11.8 Å². The maximum absolute atomic E-state index is 12.6. The van der Waals surface area contributed by atoms with Gasteiger partial charge in [-0.25, -0.2) is 0 Å². The van der Waals surface area contributed by atoms with Gasteiger partial charge in [0.25, 0.3) is 0 Å². The Hall–Kier alpha value is -3.06. The second-order valence-electron chi connectivity index (χ2n) is 9.09. The molecule has 1 aromatic heterocycles. The molecule has 0 radical (unpaired) electrons. The molecule has 0 bridgehead atoms. The van der Waals surface area contributed by atoms with E-state index in [9.17, 15) is 4.79 Å². The molecular weight excluding hydrogens is 442 g/mol. The van der Waals surface area contributed by atoms with Crippen molar-refractivity contribution >= 4 is 29.0 Å². The van der Waals surface area contributed by atoms with Crippen LogP contribution in [-0.4, -0.2) is 39.5 Å². The predicted molar refractivity (Wildman–Crippen MR) is 144 cm³/mol. The predicted octanol–water partition coefficient (Wildman–Crippen LogP) is 6.01. The third-order valence-corrected chi connectivity index (χ3v) is 6.62. The van der Waals surface area contributed by atoms with Gasteiger partial charge in [0.1, 0.15) is 0 Å². The smallest absolute Gasteiger partial charge is 0.234 e. The van der Waals surface area contributed by atoms with Crippen molar-refractivity contribution in [3.63, 3.8) is 0 Å². The number of aromatic nitrogens is 3. The zero-order chi connectivity index (χ0) is 24.7. The van der Waals surface area contributed by atoms with Gasteiger partial charge in [-0.15, -0.1) is 16.8 Å². The van der Waals surface area contributed by atoms with E-state index in [1.165, 1.54) is 17.3 Å². The lowest BCUT2D eigenvalue weighted by Crippen LogP contribution is -2.21. The van der Waals surface area contributed by atoms with Gasteiger partial charge >= 0.3 is 0 Å². The van der Waals surface area contributed by atoms with Gasteiger partial charge in [0.05, 0.1) is 5.75 Å². The lowest BCUT2D eigenvalue weighted by Gasteiger charge is -2.21. The Labute approximate surface area is 207 Å². The quantitative estimate of drug-likeness (QED) is 0.286. The highest BCUT2D eigenvalue weighted by atomic mass is 32.2. The summed E-state index contributed by atoms with van der Waals surface area (Å²) in [6.45, 7) is 17.2. The lowest BCUT2D eigenvalue weighted by molar-refractivity contribution is -0.113. The number of nitrogens with one attached hydrogen (secondary N) is 1. The Morgan fingerprint density at radius 3 is 2.26 bits per heavy atom. The molecule has 0 fully saturated rings. The van der Waals surface area contributed by atoms with Crippen molar-refractivity contribution in [2.24, 2.45) is 0 Å². The first kappa shape index (κ1) is 25.6. The third kappa shape index (κ3) is 6.29. The number of nitrogens with zero attached hydrogens (tertiary/aromatic N) is 4. The minimum absolute atomic E-state index is 0.0789. The molecule has 1 N–H and O–H groups in total. The average molecular weight is 478 g/mol. The van der Waals surface area contributed by atoms with E-state index in [1.807, 2.05) is 34.9 Å². The molecule has 6 nitrogen and oxygen atoms in total. The van der Waals surface area contributed by atoms with Crippen molar-refractivity contribution in [1.29, 1.82) is 0 Å². The van der Waals surface area contributed by atoms with Gasteiger partial charge in [0.15, 0.2) is 11.0 Å². The zero-order valence-electron chi connectivity index (χ0n) is 20.8. The molecule has 0 spiro atoms. The fraction of sp³-hybridized carbons (Fsp3) is 0.370. The summed E-state index contributed by atoms with van der Waals surface area (Å²) in [5.74, 6) is 0.941. The van der Waals surface area contributed by atoms with Crippen LogP contribution in [-0.2, 0) is 16.8 Å². The van der Waals surface area contributed by atoms with Gasteiger partial charge in [-0.05, 0) is 49.1 Å². The van der Waals surface area contributed by atoms with E-state index in [0.29, 0.717) is 11.7 Å². The minimum Gasteiger partial charge on any atom is -0.372 e. The maximum Gasteiger partial charge on any atom is 0.234 e. The Kier molecular flexibility index (Phi) is 8.56. The number of rotatable bonds is 10. The van der Waals surface area contributed by atoms with Crippen molar-refractivity contribution in [2.45, 2.75) is 51.7 Å². The number of hydrogen-bond acceptors (Lipinski definition) is 5. The normalized spacial score (nSPS) is 11.3. The first-order valence-electron chi connectivity index (χ1n) is 11.7. The van der Waals surface area contributed by atoms with Gasteiger partial charge in [-0.3, -0.25) is 9.36 Å². The Morgan fingerprint density at radius 1 is 1.06 bits per heavy atom. The van der Waals surface area contributed by atoms with E-state index in [2.05, 4.69) is 85.9 Å². The van der Waals surface area contributed by atoms with Gasteiger partial charge in [0.2, 0.25) is 5.91 Å². The fourth-order valence-corrected chi connectivity index (χ4v) is 4.44. The van der Waals surface area contributed by atoms with Gasteiger partial charge in [-0.1, -0.05) is 62.9 Å². The SMILES string of the molecule is C=CCn1c(SCC(=O)Nc2ccc(N(CC)CC)cc2)nnc1-c1ccc(C(C)(C)C)cc1. The summed E-state index contributed by atoms with van der Waals surface area (Å²) in [7, 11) is 0. The molecule has 2 aromatic carbocycles. The first-order chi connectivity index (χ1) is 16.3. The molecule has 0 aliphatic carbocycles. The monoisotopic (exact) mass is 477 g/mol. The molecule has 3 aromatic rings. The fourth-order valence-electron chi connectivity index (χ4n) is 3.69. The van der Waals surface area contributed by atoms with Crippen molar-refractivity contribution in [3.8, 4) is 11.4 Å². The molecule has 3 rings (SSSR count). The molecule has 0 aliphatic rings. The first-order valence-corrected chi connectivity index (χ1v) is 12.7. The summed E-state index contributed by atoms with van der Waals surface area (Å²) in [4.78, 5) is 14.8. The van der Waals surface area contributed by atoms with Crippen LogP contribution in [0, 0.1) is 0 Å². The van der Waals surface area contributed by atoms with Crippen molar-refractivity contribution < 1.29 is 4.79 Å². The van der Waals surface area contributed by atoms with Crippen LogP contribution in [0.5, 0.6) is 0 Å². The zero-order valence-corrected chi connectivity index (χ0v) is 21.7. The second kappa shape index (κ2) is 11.4. The molecule has 34 heavy (non-hydrogen) atoms. The van der Waals surface area contributed by atoms with Crippen molar-refractivity contribution in [1.82, 2.24) is 14.8 Å². The number of benzene rings is 2. The molecule has 1 heterocycles. The highest BCUT2D eigenvalue weighted by Gasteiger charge is 2.17. The minimum atomic E-state index is -0.0789. The molecule has 0 saturated heterocycles. The molecule has 1 amide bonds. The van der Waals surface area contributed by atoms with E-state index in [0.717, 1.165) is 35.9 Å². The Bertz CT molecular complexity index is 1090. The summed E-state index contributed by atoms with van der Waals surface area (Å²) in [6.07, 6.45) is 1.82. The van der Waals surface area contributed by atoms with E-state index in [1.54, 1.807) is 0 Å². The highest BCUT2D eigenvalue weighted by Crippen LogP contribution is 2.28. The van der Waals surface area contributed by atoms with Gasteiger partial charge in [0, 0.05) is 36.6 Å². The molecular formula is C27H35N5OS. The van der Waals surface area contributed by atoms with Gasteiger partial charge < -0.3 is 10.2 Å². The van der Waals surface area contributed by atoms with Crippen LogP contribution in [0.4, 0.5) is 11.4 Å². The number of anilines is 2. The second-order valence-corrected chi connectivity index (χ2v) is 10.0. The van der Waals surface area contributed by atoms with E-state index in [-0.39, 0.29) is 17.1 Å². The molecule has 7 heteroatoms. The summed E-state index contributed by atoms with van der Waals surface area (Å²) in [5, 5.41) is 12.4. The largest absolute Gasteiger partial charge is 0.372 e. The van der Waals surface area contributed by atoms with E-state index >= 15 is 0 Å². The van der Waals surface area contributed by atoms with Crippen LogP contribution < -0.4 is 10.2 Å². The van der Waals surface area contributed by atoms with Gasteiger partial charge in [-0.2, -0.15) is 0 Å². The summed E-state index contributed by atoms with van der Waals surface area (Å²) >= 11 is 1.37. The van der Waals surface area contributed by atoms with Crippen LogP contribution in [0.15, 0.2) is 66.3 Å². The number of allylic oxidation sites excluding steroid dienone is 1. The number of carbonyl (C=O) groups is 1. The summed E-state index contributed by atoms with van der Waals surface area (Å²) < 4.78 is 2.00. The summed E-state index contributed by atoms with van der Waals surface area (Å²) in [6, 6.07) is 16.4. The molecule has 0 atom stereocenters. The number of hydrogen-bond donors (Lipinski definition) is 1. The summed E-state index contributed by atoms with van der Waals surface area (Å²) in [5.41, 5.74) is 4.29. The Morgan fingerprint density at radius 2 is 1.71 bits per heavy atom. The van der Waals surface area contributed by atoms with Crippen LogP contribution in [0.25, 0.3) is 11.4 Å². The molecule has 0 unspecified atom stereocenters. The molecule has 180 valence electrons. The topological polar surface area (TPSA) is 63.1 Å². The third-order valence-electron chi connectivity index (χ3n) is 5.65. The average Bonchev–Trinajstić information content (AvgIpc) is 3.22. The van der Waals surface area contributed by atoms with E-state index in [4.69, 9.17) is 0 Å². The number of carbonyl (C=O) groups excluding carboxylic acids is 1. The number of thioether (sulfide) groups is 1. The standard InChI is InChI=1S/C27H35N5OS/c1-7-18-32-25(20-10-12-21(13-11-20)27(4,5)6)29-30-26(32)34-19-24(33)28-22-14-16-23(17-15-22)31(8-2)9-3/h7,10-17H,1,8-9,18-19H2,2-6H3,(H,28,33). The molecule has 0 saturated carbocycles. The van der Waals surface area contributed by atoms with Crippen molar-refractivity contribution in [3.05, 3.63) is 66.7 Å². The maximum atomic E-state index is 12.6. The van der Waals surface area contributed by atoms with Crippen LogP contribution in [0.1, 0.15) is 40.2 Å². The number of amides is 1. The van der Waals surface area contributed by atoms with Crippen LogP contribution in [0.3, 0.4) is 0 Å². The van der Waals surface area contributed by atoms with Crippen molar-refractivity contribution in [2.75, 3.05) is 29.1 Å².